The maximum Gasteiger partial charge on any atom is 0.472 e. The number of quaternary nitrogens is 1. The van der Waals surface area contributed by atoms with Gasteiger partial charge in [-0.15, -0.1) is 0 Å². The Morgan fingerprint density at radius 1 is 0.474 bits per heavy atom. The van der Waals surface area contributed by atoms with Gasteiger partial charge in [-0.25, -0.2) is 4.57 Å². The monoisotopic (exact) mass is 1070 g/mol. The molecule has 0 aromatic rings. The number of rotatable bonds is 51. The Kier molecular flexibility index (Phi) is 51.3. The molecule has 0 aliphatic carbocycles. The van der Waals surface area contributed by atoms with E-state index in [2.05, 4.69) is 148 Å². The molecule has 0 aliphatic heterocycles. The second-order valence-corrected chi connectivity index (χ2v) is 21.9. The Morgan fingerprint density at radius 2 is 0.855 bits per heavy atom. The van der Waals surface area contributed by atoms with E-state index >= 15 is 0 Å². The zero-order chi connectivity index (χ0) is 55.7. The number of phosphoric acid groups is 1. The quantitative estimate of drug-likeness (QED) is 0.0205. The average molecular weight is 1070 g/mol. The van der Waals surface area contributed by atoms with E-state index < -0.39 is 25.9 Å². The molecule has 0 fully saturated rings. The molecule has 0 aromatic heterocycles. The van der Waals surface area contributed by atoms with Crippen molar-refractivity contribution in [3.8, 4) is 0 Å². The SMILES string of the molecule is CC/C=C\C/C=C\C/C=C\C/C=C\C/C=C\C/C=C\CCCCC(=O)OC(/C=C/CCCCCCCCCCCCC)C(COP(=O)(O)OCC[N+](C)(C)C)NC(=O)CC/C=C/C/C=C/C/C=C/C/C=C/C/C=C/CC. The smallest absolute Gasteiger partial charge is 0.456 e. The minimum atomic E-state index is -4.49. The lowest BCUT2D eigenvalue weighted by Crippen LogP contribution is -2.47. The van der Waals surface area contributed by atoms with Crippen molar-refractivity contribution in [1.82, 2.24) is 5.32 Å². The van der Waals surface area contributed by atoms with Crippen LogP contribution in [0, 0.1) is 0 Å². The van der Waals surface area contributed by atoms with E-state index in [0.717, 1.165) is 103 Å². The summed E-state index contributed by atoms with van der Waals surface area (Å²) in [5.74, 6) is -0.666. The molecule has 10 heteroatoms. The molecule has 430 valence electrons. The molecular formula is C66H110N2O7P+. The molecule has 0 spiro atoms. The van der Waals surface area contributed by atoms with Crippen LogP contribution in [0.3, 0.4) is 0 Å². The van der Waals surface area contributed by atoms with Crippen LogP contribution in [0.5, 0.6) is 0 Å². The van der Waals surface area contributed by atoms with E-state index in [-0.39, 0.29) is 32.0 Å². The number of nitrogens with one attached hydrogen (secondary N) is 1. The summed E-state index contributed by atoms with van der Waals surface area (Å²) in [5.41, 5.74) is 0. The van der Waals surface area contributed by atoms with Crippen molar-refractivity contribution in [2.75, 3.05) is 40.9 Å². The molecule has 0 bridgehead atoms. The fourth-order valence-corrected chi connectivity index (χ4v) is 8.25. The third-order valence-electron chi connectivity index (χ3n) is 12.0. The number of ether oxygens (including phenoxy) is 1. The molecule has 0 rings (SSSR count). The molecule has 3 atom stereocenters. The third-order valence-corrected chi connectivity index (χ3v) is 13.0. The van der Waals surface area contributed by atoms with Crippen LogP contribution in [0.15, 0.2) is 146 Å². The first-order chi connectivity index (χ1) is 36.9. The van der Waals surface area contributed by atoms with Crippen molar-refractivity contribution in [2.24, 2.45) is 0 Å². The molecule has 0 aliphatic rings. The molecule has 0 radical (unpaired) electrons. The fraction of sp³-hybridized carbons (Fsp3) is 0.606. The zero-order valence-corrected chi connectivity index (χ0v) is 49.8. The highest BCUT2D eigenvalue weighted by atomic mass is 31.2. The highest BCUT2D eigenvalue weighted by Crippen LogP contribution is 2.43. The number of hydrogen-bond donors (Lipinski definition) is 2. The van der Waals surface area contributed by atoms with E-state index in [4.69, 9.17) is 13.8 Å². The van der Waals surface area contributed by atoms with E-state index in [9.17, 15) is 19.0 Å². The van der Waals surface area contributed by atoms with Gasteiger partial charge < -0.3 is 19.4 Å². The number of phosphoric ester groups is 1. The first-order valence-corrected chi connectivity index (χ1v) is 31.2. The van der Waals surface area contributed by atoms with Crippen molar-refractivity contribution < 1.29 is 37.3 Å². The van der Waals surface area contributed by atoms with Gasteiger partial charge in [-0.2, -0.15) is 0 Å². The number of unbranched alkanes of at least 4 members (excludes halogenated alkanes) is 13. The fourth-order valence-electron chi connectivity index (χ4n) is 7.52. The maximum absolute atomic E-state index is 13.5. The normalized spacial score (nSPS) is 14.8. The minimum absolute atomic E-state index is 0.0113. The lowest BCUT2D eigenvalue weighted by atomic mass is 10.0. The number of hydrogen-bond acceptors (Lipinski definition) is 6. The second-order valence-electron chi connectivity index (χ2n) is 20.4. The molecule has 0 aromatic carbocycles. The Hall–Kier alpha value is -4.11. The van der Waals surface area contributed by atoms with Crippen molar-refractivity contribution in [1.29, 1.82) is 0 Å². The summed E-state index contributed by atoms with van der Waals surface area (Å²) in [5, 5.41) is 2.98. The number of likely N-dealkylation sites (N-methyl/N-ethyl adjacent to an activating group) is 1. The molecule has 0 saturated heterocycles. The number of amides is 1. The lowest BCUT2D eigenvalue weighted by Gasteiger charge is -2.27. The summed E-state index contributed by atoms with van der Waals surface area (Å²) in [4.78, 5) is 37.6. The van der Waals surface area contributed by atoms with Crippen LogP contribution in [0.2, 0.25) is 0 Å². The number of allylic oxidation sites excluding steroid dienone is 23. The highest BCUT2D eigenvalue weighted by Gasteiger charge is 2.30. The first kappa shape index (κ1) is 71.9. The Bertz CT molecular complexity index is 1810. The number of carbonyl (C=O) groups excluding carboxylic acids is 2. The molecule has 3 unspecified atom stereocenters. The zero-order valence-electron chi connectivity index (χ0n) is 48.9. The summed E-state index contributed by atoms with van der Waals surface area (Å²) < 4.78 is 30.6. The van der Waals surface area contributed by atoms with Gasteiger partial charge in [0.1, 0.15) is 19.3 Å². The maximum atomic E-state index is 13.5. The van der Waals surface area contributed by atoms with Gasteiger partial charge in [0, 0.05) is 12.8 Å². The first-order valence-electron chi connectivity index (χ1n) is 29.7. The molecular weight excluding hydrogens is 964 g/mol. The van der Waals surface area contributed by atoms with Gasteiger partial charge in [-0.05, 0) is 115 Å². The Balaban J connectivity index is 5.53. The van der Waals surface area contributed by atoms with Crippen LogP contribution < -0.4 is 5.32 Å². The van der Waals surface area contributed by atoms with Crippen molar-refractivity contribution in [3.63, 3.8) is 0 Å². The molecule has 0 saturated carbocycles. The Labute approximate surface area is 466 Å². The van der Waals surface area contributed by atoms with Crippen molar-refractivity contribution >= 4 is 19.7 Å². The molecule has 2 N–H and O–H groups in total. The van der Waals surface area contributed by atoms with Gasteiger partial charge in [0.15, 0.2) is 0 Å². The standard InChI is InChI=1S/C66H109N2O7P/c1-7-10-13-16-19-22-25-28-30-32-33-34-35-36-38-41-44-47-50-53-56-59-66(70)75-64(57-54-51-48-45-42-39-27-24-21-18-15-12-9-3)63(62-74-76(71,72)73-61-60-68(4,5)6)67-65(69)58-55-52-49-46-43-40-37-31-29-26-23-20-17-14-11-8-2/h10-11,13-14,19-20,22-23,28-31,33-34,36,38,40,43-44,47,49,52,54,57,63-64H,7-9,12,15-18,21,24-27,32,35,37,39,41-42,45-46,48,50-51,53,55-56,58-62H2,1-6H3,(H-,67,69,71,72)/p+1/b13-10-,14-11+,22-19-,23-20+,30-28-,31-29+,34-33-,38-36-,43-40+,47-44-,52-49+,57-54+. The predicted molar refractivity (Wildman–Crippen MR) is 327 cm³/mol. The van der Waals surface area contributed by atoms with Crippen molar-refractivity contribution in [3.05, 3.63) is 146 Å². The second kappa shape index (κ2) is 54.3. The lowest BCUT2D eigenvalue weighted by molar-refractivity contribution is -0.870. The van der Waals surface area contributed by atoms with Crippen LogP contribution in [-0.4, -0.2) is 74.3 Å². The average Bonchev–Trinajstić information content (AvgIpc) is 3.38. The molecule has 0 heterocycles. The van der Waals surface area contributed by atoms with Gasteiger partial charge in [-0.1, -0.05) is 225 Å². The number of esters is 1. The van der Waals surface area contributed by atoms with E-state index in [0.29, 0.717) is 23.9 Å². The topological polar surface area (TPSA) is 111 Å². The predicted octanol–water partition coefficient (Wildman–Crippen LogP) is 18.3. The summed E-state index contributed by atoms with van der Waals surface area (Å²) in [7, 11) is 1.40. The molecule has 1 amide bonds. The molecule has 9 nitrogen and oxygen atoms in total. The van der Waals surface area contributed by atoms with Crippen LogP contribution in [0.25, 0.3) is 0 Å². The van der Waals surface area contributed by atoms with E-state index in [1.807, 2.05) is 45.4 Å². The summed E-state index contributed by atoms with van der Waals surface area (Å²) in [6, 6.07) is -0.917. The van der Waals surface area contributed by atoms with Gasteiger partial charge in [0.25, 0.3) is 0 Å². The van der Waals surface area contributed by atoms with E-state index in [1.165, 1.54) is 57.8 Å². The third kappa shape index (κ3) is 54.7. The minimum Gasteiger partial charge on any atom is -0.456 e. The van der Waals surface area contributed by atoms with Crippen LogP contribution in [0.1, 0.15) is 207 Å². The van der Waals surface area contributed by atoms with Gasteiger partial charge >= 0.3 is 13.8 Å². The van der Waals surface area contributed by atoms with Crippen LogP contribution >= 0.6 is 7.82 Å². The highest BCUT2D eigenvalue weighted by molar-refractivity contribution is 7.47. The van der Waals surface area contributed by atoms with Gasteiger partial charge in [0.05, 0.1) is 33.8 Å². The van der Waals surface area contributed by atoms with E-state index in [1.54, 1.807) is 0 Å². The number of nitrogens with zero attached hydrogens (tertiary/aromatic N) is 1. The van der Waals surface area contributed by atoms with Crippen LogP contribution in [0.4, 0.5) is 0 Å². The Morgan fingerprint density at radius 3 is 1.29 bits per heavy atom. The number of carbonyl (C=O) groups is 2. The van der Waals surface area contributed by atoms with Gasteiger partial charge in [-0.3, -0.25) is 18.6 Å². The summed E-state index contributed by atoms with van der Waals surface area (Å²) >= 11 is 0. The molecule has 76 heavy (non-hydrogen) atoms. The summed E-state index contributed by atoms with van der Waals surface area (Å²) in [6.07, 6.45) is 78.7. The van der Waals surface area contributed by atoms with Crippen molar-refractivity contribution in [2.45, 2.75) is 219 Å². The van der Waals surface area contributed by atoms with Crippen LogP contribution in [-0.2, 0) is 27.9 Å². The summed E-state index contributed by atoms with van der Waals surface area (Å²) in [6.45, 7) is 6.67. The largest absolute Gasteiger partial charge is 0.472 e. The van der Waals surface area contributed by atoms with Gasteiger partial charge in [0.2, 0.25) is 5.91 Å².